The van der Waals surface area contributed by atoms with E-state index in [1.165, 1.54) is 0 Å². The fourth-order valence-corrected chi connectivity index (χ4v) is 4.35. The van der Waals surface area contributed by atoms with E-state index < -0.39 is 22.5 Å². The van der Waals surface area contributed by atoms with Gasteiger partial charge in [-0.15, -0.1) is 5.54 Å². The van der Waals surface area contributed by atoms with Crippen LogP contribution in [0.2, 0.25) is 37.8 Å². The predicted molar refractivity (Wildman–Crippen MR) is 101 cm³/mol. The lowest BCUT2D eigenvalue weighted by atomic mass is 9.98. The normalized spacial score (nSPS) is 24.9. The lowest BCUT2D eigenvalue weighted by Crippen LogP contribution is -2.43. The zero-order chi connectivity index (χ0) is 17.3. The third-order valence-corrected chi connectivity index (χ3v) is 10.2. The molecule has 1 rings (SSSR count). The van der Waals surface area contributed by atoms with Crippen LogP contribution in [0.15, 0.2) is 12.2 Å². The van der Waals surface area contributed by atoms with Crippen molar-refractivity contribution in [2.75, 3.05) is 0 Å². The average molecular weight is 339 g/mol. The molecule has 2 nitrogen and oxygen atoms in total. The van der Waals surface area contributed by atoms with Crippen molar-refractivity contribution in [1.82, 2.24) is 0 Å². The summed E-state index contributed by atoms with van der Waals surface area (Å²) >= 11 is 0. The fourth-order valence-electron chi connectivity index (χ4n) is 2.40. The Kier molecular flexibility index (Phi) is 5.95. The van der Waals surface area contributed by atoms with Gasteiger partial charge in [-0.05, 0) is 31.0 Å². The Hall–Kier alpha value is -0.346. The van der Waals surface area contributed by atoms with E-state index in [0.29, 0.717) is 0 Å². The van der Waals surface area contributed by atoms with E-state index in [0.717, 1.165) is 18.4 Å². The Balaban J connectivity index is 2.73. The van der Waals surface area contributed by atoms with Crippen LogP contribution in [0.4, 0.5) is 0 Å². The first-order chi connectivity index (χ1) is 9.73. The highest BCUT2D eigenvalue weighted by Crippen LogP contribution is 2.42. The van der Waals surface area contributed by atoms with Gasteiger partial charge in [0.25, 0.3) is 0 Å². The van der Waals surface area contributed by atoms with Crippen molar-refractivity contribution >= 4 is 16.4 Å². The van der Waals surface area contributed by atoms with Crippen LogP contribution in [0.25, 0.3) is 0 Å². The number of hydrogen-bond donors (Lipinski definition) is 1. The van der Waals surface area contributed by atoms with E-state index in [-0.39, 0.29) is 17.1 Å². The maximum absolute atomic E-state index is 10.4. The molecular formula is C18H34O2Si2. The summed E-state index contributed by atoms with van der Waals surface area (Å²) in [5.74, 6) is 3.14. The molecule has 3 atom stereocenters. The van der Waals surface area contributed by atoms with E-state index >= 15 is 0 Å². The molecular weight excluding hydrogens is 304 g/mol. The first kappa shape index (κ1) is 19.7. The SMILES string of the molecule is C=C1C[C@H](O[Si](C)(C)C(C)(C)C)C[C@H]1[C@H](O)C#C[Si](C)(C)C. The monoisotopic (exact) mass is 338 g/mol. The van der Waals surface area contributed by atoms with Crippen molar-refractivity contribution in [1.29, 1.82) is 0 Å². The molecule has 126 valence electrons. The molecule has 0 amide bonds. The van der Waals surface area contributed by atoms with Crippen molar-refractivity contribution in [2.45, 2.75) is 83.6 Å². The van der Waals surface area contributed by atoms with Crippen molar-refractivity contribution in [2.24, 2.45) is 5.92 Å². The second kappa shape index (κ2) is 6.64. The van der Waals surface area contributed by atoms with Crippen molar-refractivity contribution in [3.63, 3.8) is 0 Å². The molecule has 4 heteroatoms. The van der Waals surface area contributed by atoms with Gasteiger partial charge in [-0.1, -0.05) is 58.5 Å². The molecule has 22 heavy (non-hydrogen) atoms. The molecule has 0 spiro atoms. The van der Waals surface area contributed by atoms with Crippen molar-refractivity contribution in [3.05, 3.63) is 12.2 Å². The number of rotatable bonds is 3. The van der Waals surface area contributed by atoms with Gasteiger partial charge >= 0.3 is 0 Å². The molecule has 0 radical (unpaired) electrons. The highest BCUT2D eigenvalue weighted by molar-refractivity contribution is 6.83. The Bertz CT molecular complexity index is 472. The standard InChI is InChI=1S/C18H34O2Si2/c1-14-12-15(20-22(8,9)18(2,3)4)13-16(14)17(19)10-11-21(5,6)7/h15-17,19H,1,12-13H2,2-9H3/t15-,16+,17+/m0/s1. The van der Waals surface area contributed by atoms with Crippen LogP contribution in [-0.2, 0) is 4.43 Å². The predicted octanol–water partition coefficient (Wildman–Crippen LogP) is 4.58. The molecule has 1 aliphatic carbocycles. The molecule has 0 unspecified atom stereocenters. The Labute approximate surface area is 139 Å². The minimum absolute atomic E-state index is 0.0682. The van der Waals surface area contributed by atoms with Crippen LogP contribution in [0.1, 0.15) is 33.6 Å². The summed E-state index contributed by atoms with van der Waals surface area (Å²) in [6.45, 7) is 22.1. The molecule has 1 saturated carbocycles. The molecule has 1 aliphatic rings. The van der Waals surface area contributed by atoms with Gasteiger partial charge in [-0.2, -0.15) is 0 Å². The molecule has 0 aromatic rings. The molecule has 0 aromatic carbocycles. The van der Waals surface area contributed by atoms with Crippen molar-refractivity contribution < 1.29 is 9.53 Å². The van der Waals surface area contributed by atoms with E-state index in [9.17, 15) is 5.11 Å². The maximum Gasteiger partial charge on any atom is 0.192 e. The number of hydrogen-bond acceptors (Lipinski definition) is 2. The van der Waals surface area contributed by atoms with Crippen LogP contribution in [0, 0.1) is 17.4 Å². The van der Waals surface area contributed by atoms with Gasteiger partial charge in [-0.25, -0.2) is 0 Å². The zero-order valence-corrected chi connectivity index (χ0v) is 17.7. The topological polar surface area (TPSA) is 29.5 Å². The lowest BCUT2D eigenvalue weighted by molar-refractivity contribution is 0.145. The lowest BCUT2D eigenvalue weighted by Gasteiger charge is -2.38. The first-order valence-corrected chi connectivity index (χ1v) is 14.7. The molecule has 0 aliphatic heterocycles. The van der Waals surface area contributed by atoms with Crippen molar-refractivity contribution in [3.8, 4) is 11.5 Å². The molecule has 0 saturated heterocycles. The number of aliphatic hydroxyl groups is 1. The van der Waals surface area contributed by atoms with E-state index in [4.69, 9.17) is 4.43 Å². The molecule has 0 bridgehead atoms. The second-order valence-corrected chi connectivity index (χ2v) is 18.7. The van der Waals surface area contributed by atoms with Gasteiger partial charge < -0.3 is 9.53 Å². The number of aliphatic hydroxyl groups excluding tert-OH is 1. The van der Waals surface area contributed by atoms with Gasteiger partial charge in [0.15, 0.2) is 8.32 Å². The van der Waals surface area contributed by atoms with E-state index in [1.54, 1.807) is 0 Å². The Morgan fingerprint density at radius 2 is 1.77 bits per heavy atom. The van der Waals surface area contributed by atoms with Gasteiger partial charge in [0.05, 0.1) is 0 Å². The summed E-state index contributed by atoms with van der Waals surface area (Å²) in [6.07, 6.45) is 1.32. The highest BCUT2D eigenvalue weighted by Gasteiger charge is 2.42. The minimum atomic E-state index is -1.76. The van der Waals surface area contributed by atoms with Crippen LogP contribution in [-0.4, -0.2) is 33.7 Å². The summed E-state index contributed by atoms with van der Waals surface area (Å²) in [4.78, 5) is 0. The highest BCUT2D eigenvalue weighted by atomic mass is 28.4. The van der Waals surface area contributed by atoms with Crippen LogP contribution in [0.5, 0.6) is 0 Å². The zero-order valence-electron chi connectivity index (χ0n) is 15.7. The third-order valence-electron chi connectivity index (χ3n) is 4.77. The van der Waals surface area contributed by atoms with Gasteiger partial charge in [0.1, 0.15) is 14.2 Å². The largest absolute Gasteiger partial charge is 0.414 e. The second-order valence-electron chi connectivity index (χ2n) is 9.17. The first-order valence-electron chi connectivity index (χ1n) is 8.29. The van der Waals surface area contributed by atoms with Crippen LogP contribution < -0.4 is 0 Å². The smallest absolute Gasteiger partial charge is 0.192 e. The molecule has 0 heterocycles. The molecule has 1 N–H and O–H groups in total. The minimum Gasteiger partial charge on any atom is -0.414 e. The summed E-state index contributed by atoms with van der Waals surface area (Å²) < 4.78 is 6.49. The fraction of sp³-hybridized carbons (Fsp3) is 0.778. The Morgan fingerprint density at radius 1 is 1.23 bits per heavy atom. The molecule has 0 aromatic heterocycles. The third kappa shape index (κ3) is 5.38. The van der Waals surface area contributed by atoms with Crippen LogP contribution in [0.3, 0.4) is 0 Å². The van der Waals surface area contributed by atoms with Gasteiger partial charge in [0.2, 0.25) is 0 Å². The van der Waals surface area contributed by atoms with Crippen LogP contribution >= 0.6 is 0 Å². The summed E-state index contributed by atoms with van der Waals surface area (Å²) in [5, 5.41) is 10.6. The van der Waals surface area contributed by atoms with E-state index in [1.807, 2.05) is 0 Å². The molecule has 1 fully saturated rings. The maximum atomic E-state index is 10.4. The summed E-state index contributed by atoms with van der Waals surface area (Å²) in [5.41, 5.74) is 4.37. The van der Waals surface area contributed by atoms with E-state index in [2.05, 4.69) is 71.5 Å². The Morgan fingerprint density at radius 3 is 2.23 bits per heavy atom. The van der Waals surface area contributed by atoms with Gasteiger partial charge in [0, 0.05) is 12.0 Å². The quantitative estimate of drug-likeness (QED) is 0.463. The van der Waals surface area contributed by atoms with Gasteiger partial charge in [-0.3, -0.25) is 0 Å². The average Bonchev–Trinajstić information content (AvgIpc) is 2.64. The summed E-state index contributed by atoms with van der Waals surface area (Å²) in [6, 6.07) is 0. The summed E-state index contributed by atoms with van der Waals surface area (Å²) in [7, 11) is -3.21.